The molecule has 2 heterocycles. The first-order valence-electron chi connectivity index (χ1n) is 7.12. The minimum atomic E-state index is -3.96. The maximum atomic E-state index is 12.1. The number of benzene rings is 1. The standard InChI is InChI=1S/C15H17N3O4S/c1-18-8-2-3-10-9-11(4-5-12(10)18)17-15(19)13-6-7-14(22-13)23(16,20)21/h4-7,9H,2-3,8H2,1H3,(H,17,19)(H2,16,20,21). The highest BCUT2D eigenvalue weighted by atomic mass is 32.2. The van der Waals surface area contributed by atoms with Crippen molar-refractivity contribution in [1.29, 1.82) is 0 Å². The first-order valence-corrected chi connectivity index (χ1v) is 8.67. The highest BCUT2D eigenvalue weighted by Gasteiger charge is 2.19. The van der Waals surface area contributed by atoms with E-state index < -0.39 is 21.0 Å². The Morgan fingerprint density at radius 2 is 2.09 bits per heavy atom. The van der Waals surface area contributed by atoms with Gasteiger partial charge in [-0.1, -0.05) is 0 Å². The van der Waals surface area contributed by atoms with E-state index in [2.05, 4.69) is 10.2 Å². The Labute approximate surface area is 134 Å². The van der Waals surface area contributed by atoms with Crippen LogP contribution in [0.25, 0.3) is 0 Å². The molecule has 0 spiro atoms. The second kappa shape index (κ2) is 5.71. The Kier molecular flexibility index (Phi) is 3.87. The molecule has 122 valence electrons. The molecule has 0 radical (unpaired) electrons. The van der Waals surface area contributed by atoms with Crippen molar-refractivity contribution in [2.45, 2.75) is 17.9 Å². The van der Waals surface area contributed by atoms with Crippen molar-refractivity contribution in [3.05, 3.63) is 41.7 Å². The first kappa shape index (κ1) is 15.6. The normalized spacial score (nSPS) is 14.4. The summed E-state index contributed by atoms with van der Waals surface area (Å²) in [5, 5.41) is 7.22. The van der Waals surface area contributed by atoms with Gasteiger partial charge in [0.05, 0.1) is 0 Å². The summed E-state index contributed by atoms with van der Waals surface area (Å²) in [5.74, 6) is -0.632. The summed E-state index contributed by atoms with van der Waals surface area (Å²) in [7, 11) is -1.92. The molecule has 7 nitrogen and oxygen atoms in total. The Balaban J connectivity index is 1.79. The van der Waals surface area contributed by atoms with Gasteiger partial charge in [-0.25, -0.2) is 13.6 Å². The van der Waals surface area contributed by atoms with E-state index >= 15 is 0 Å². The topological polar surface area (TPSA) is 106 Å². The molecule has 0 fully saturated rings. The highest BCUT2D eigenvalue weighted by molar-refractivity contribution is 7.89. The Hall–Kier alpha value is -2.32. The van der Waals surface area contributed by atoms with Crippen LogP contribution in [0.5, 0.6) is 0 Å². The molecule has 0 aliphatic carbocycles. The average Bonchev–Trinajstić information content (AvgIpc) is 2.97. The van der Waals surface area contributed by atoms with Crippen molar-refractivity contribution in [2.24, 2.45) is 5.14 Å². The minimum absolute atomic E-state index is 0.108. The van der Waals surface area contributed by atoms with Gasteiger partial charge in [0.25, 0.3) is 15.9 Å². The van der Waals surface area contributed by atoms with Crippen molar-refractivity contribution >= 4 is 27.3 Å². The van der Waals surface area contributed by atoms with E-state index in [9.17, 15) is 13.2 Å². The molecule has 0 unspecified atom stereocenters. The lowest BCUT2D eigenvalue weighted by Crippen LogP contribution is -2.24. The van der Waals surface area contributed by atoms with Crippen LogP contribution in [0.2, 0.25) is 0 Å². The third kappa shape index (κ3) is 3.22. The van der Waals surface area contributed by atoms with Gasteiger partial charge in [0.1, 0.15) is 0 Å². The molecule has 1 amide bonds. The Morgan fingerprint density at radius 3 is 2.78 bits per heavy atom. The molecule has 1 aromatic heterocycles. The molecule has 8 heteroatoms. The molecule has 1 aliphatic heterocycles. The van der Waals surface area contributed by atoms with E-state index in [1.807, 2.05) is 25.2 Å². The second-order valence-corrected chi connectivity index (χ2v) is 6.98. The Morgan fingerprint density at radius 1 is 1.30 bits per heavy atom. The fourth-order valence-corrected chi connectivity index (χ4v) is 3.11. The molecule has 3 rings (SSSR count). The van der Waals surface area contributed by atoms with Crippen LogP contribution in [0, 0.1) is 0 Å². The lowest BCUT2D eigenvalue weighted by Gasteiger charge is -2.27. The summed E-state index contributed by atoms with van der Waals surface area (Å²) in [6.45, 7) is 1.02. The maximum absolute atomic E-state index is 12.1. The van der Waals surface area contributed by atoms with E-state index in [1.54, 1.807) is 0 Å². The van der Waals surface area contributed by atoms with E-state index in [-0.39, 0.29) is 5.76 Å². The molecule has 3 N–H and O–H groups in total. The molecule has 1 aliphatic rings. The molecule has 0 saturated carbocycles. The summed E-state index contributed by atoms with van der Waals surface area (Å²) in [6.07, 6.45) is 2.02. The van der Waals surface area contributed by atoms with Crippen molar-refractivity contribution in [1.82, 2.24) is 0 Å². The number of hydrogen-bond acceptors (Lipinski definition) is 5. The summed E-state index contributed by atoms with van der Waals surface area (Å²) in [5.41, 5.74) is 2.96. The zero-order valence-electron chi connectivity index (χ0n) is 12.6. The van der Waals surface area contributed by atoms with Crippen LogP contribution in [0.3, 0.4) is 0 Å². The van der Waals surface area contributed by atoms with Crippen molar-refractivity contribution < 1.29 is 17.6 Å². The van der Waals surface area contributed by atoms with Gasteiger partial charge >= 0.3 is 0 Å². The SMILES string of the molecule is CN1CCCc2cc(NC(=O)c3ccc(S(N)(=O)=O)o3)ccc21. The van der Waals surface area contributed by atoms with Gasteiger partial charge in [-0.3, -0.25) is 4.79 Å². The smallest absolute Gasteiger partial charge is 0.291 e. The third-order valence-corrected chi connectivity index (χ3v) is 4.55. The van der Waals surface area contributed by atoms with Crippen molar-refractivity contribution in [2.75, 3.05) is 23.8 Å². The molecular weight excluding hydrogens is 318 g/mol. The van der Waals surface area contributed by atoms with Crippen molar-refractivity contribution in [3.8, 4) is 0 Å². The number of anilines is 2. The van der Waals surface area contributed by atoms with Gasteiger partial charge in [0.15, 0.2) is 5.76 Å². The summed E-state index contributed by atoms with van der Waals surface area (Å²) >= 11 is 0. The van der Waals surface area contributed by atoms with Crippen molar-refractivity contribution in [3.63, 3.8) is 0 Å². The number of primary sulfonamides is 1. The van der Waals surface area contributed by atoms with Gasteiger partial charge in [0.2, 0.25) is 5.09 Å². The highest BCUT2D eigenvalue weighted by Crippen LogP contribution is 2.28. The van der Waals surface area contributed by atoms with Crippen LogP contribution in [0.15, 0.2) is 39.8 Å². The zero-order valence-corrected chi connectivity index (χ0v) is 13.4. The number of aryl methyl sites for hydroxylation is 1. The van der Waals surface area contributed by atoms with Crippen LogP contribution in [-0.2, 0) is 16.4 Å². The number of fused-ring (bicyclic) bond motifs is 1. The van der Waals surface area contributed by atoms with Crippen LogP contribution < -0.4 is 15.4 Å². The lowest BCUT2D eigenvalue weighted by atomic mass is 10.0. The van der Waals surface area contributed by atoms with E-state index in [0.29, 0.717) is 5.69 Å². The van der Waals surface area contributed by atoms with Gasteiger partial charge < -0.3 is 14.6 Å². The third-order valence-electron chi connectivity index (χ3n) is 3.77. The first-order chi connectivity index (χ1) is 10.8. The number of nitrogens with zero attached hydrogens (tertiary/aromatic N) is 1. The van der Waals surface area contributed by atoms with Gasteiger partial charge in [0, 0.05) is 25.0 Å². The minimum Gasteiger partial charge on any atom is -0.438 e. The summed E-state index contributed by atoms with van der Waals surface area (Å²) in [6, 6.07) is 8.13. The van der Waals surface area contributed by atoms with E-state index in [4.69, 9.17) is 9.56 Å². The van der Waals surface area contributed by atoms with Crippen LogP contribution in [0.1, 0.15) is 22.5 Å². The maximum Gasteiger partial charge on any atom is 0.291 e. The van der Waals surface area contributed by atoms with E-state index in [0.717, 1.165) is 31.1 Å². The number of nitrogens with two attached hydrogens (primary N) is 1. The fraction of sp³-hybridized carbons (Fsp3) is 0.267. The number of furan rings is 1. The van der Waals surface area contributed by atoms with Gasteiger partial charge in [-0.15, -0.1) is 0 Å². The number of amides is 1. The van der Waals surface area contributed by atoms with Crippen LogP contribution in [0.4, 0.5) is 11.4 Å². The molecule has 0 bridgehead atoms. The number of sulfonamides is 1. The Bertz CT molecular complexity index is 857. The predicted octanol–water partition coefficient (Wildman–Crippen LogP) is 1.56. The number of carbonyl (C=O) groups excluding carboxylic acids is 1. The summed E-state index contributed by atoms with van der Waals surface area (Å²) < 4.78 is 27.3. The number of rotatable bonds is 3. The molecule has 0 saturated heterocycles. The van der Waals surface area contributed by atoms with Crippen LogP contribution in [-0.4, -0.2) is 27.9 Å². The van der Waals surface area contributed by atoms with Gasteiger partial charge in [-0.2, -0.15) is 0 Å². The van der Waals surface area contributed by atoms with E-state index in [1.165, 1.54) is 11.6 Å². The number of nitrogens with one attached hydrogen (secondary N) is 1. The predicted molar refractivity (Wildman–Crippen MR) is 86.1 cm³/mol. The monoisotopic (exact) mass is 335 g/mol. The lowest BCUT2D eigenvalue weighted by molar-refractivity contribution is 0.0991. The summed E-state index contributed by atoms with van der Waals surface area (Å²) in [4.78, 5) is 14.3. The molecule has 23 heavy (non-hydrogen) atoms. The quantitative estimate of drug-likeness (QED) is 0.885. The molecule has 1 aromatic carbocycles. The van der Waals surface area contributed by atoms with Gasteiger partial charge in [-0.05, 0) is 48.7 Å². The van der Waals surface area contributed by atoms with Crippen LogP contribution >= 0.6 is 0 Å². The largest absolute Gasteiger partial charge is 0.438 e. The number of hydrogen-bond donors (Lipinski definition) is 2. The number of carbonyl (C=O) groups is 1. The fourth-order valence-electron chi connectivity index (χ4n) is 2.65. The average molecular weight is 335 g/mol. The zero-order chi connectivity index (χ0) is 16.6. The molecular formula is C15H17N3O4S. The second-order valence-electron chi connectivity index (χ2n) is 5.49. The molecule has 0 atom stereocenters. The molecule has 2 aromatic rings.